The Morgan fingerprint density at radius 1 is 1.38 bits per heavy atom. The summed E-state index contributed by atoms with van der Waals surface area (Å²) in [5.74, 6) is 0.766. The highest BCUT2D eigenvalue weighted by Gasteiger charge is 2.08. The number of hydrogen-bond donors (Lipinski definition) is 2. The topological polar surface area (TPSA) is 63.8 Å². The lowest BCUT2D eigenvalue weighted by molar-refractivity contribution is 1.14. The van der Waals surface area contributed by atoms with Crippen LogP contribution in [0.2, 0.25) is 0 Å². The molecule has 21 heavy (non-hydrogen) atoms. The third kappa shape index (κ3) is 3.01. The highest BCUT2D eigenvalue weighted by molar-refractivity contribution is 7.80. The van der Waals surface area contributed by atoms with Crippen LogP contribution in [0.25, 0.3) is 10.9 Å². The summed E-state index contributed by atoms with van der Waals surface area (Å²) < 4.78 is 0. The van der Waals surface area contributed by atoms with Crippen LogP contribution in [0.5, 0.6) is 0 Å². The van der Waals surface area contributed by atoms with Crippen molar-refractivity contribution in [1.29, 1.82) is 0 Å². The van der Waals surface area contributed by atoms with Crippen molar-refractivity contribution in [2.45, 2.75) is 13.5 Å². The van der Waals surface area contributed by atoms with Crippen molar-refractivity contribution in [3.8, 4) is 0 Å². The fourth-order valence-electron chi connectivity index (χ4n) is 2.13. The number of aryl methyl sites for hydroxylation is 1. The molecule has 0 saturated carbocycles. The molecule has 0 amide bonds. The first kappa shape index (κ1) is 13.9. The Hall–Kier alpha value is -2.05. The van der Waals surface area contributed by atoms with E-state index >= 15 is 0 Å². The number of rotatable bonds is 4. The van der Waals surface area contributed by atoms with Gasteiger partial charge in [0, 0.05) is 22.0 Å². The van der Waals surface area contributed by atoms with Gasteiger partial charge in [-0.2, -0.15) is 0 Å². The van der Waals surface area contributed by atoms with Gasteiger partial charge in [-0.05, 0) is 19.1 Å². The van der Waals surface area contributed by atoms with Gasteiger partial charge in [0.1, 0.15) is 10.8 Å². The Kier molecular flexibility index (Phi) is 3.81. The van der Waals surface area contributed by atoms with Crippen LogP contribution in [0.4, 0.5) is 5.82 Å². The van der Waals surface area contributed by atoms with E-state index in [1.807, 2.05) is 43.5 Å². The van der Waals surface area contributed by atoms with Crippen molar-refractivity contribution in [3.05, 3.63) is 52.0 Å². The first-order valence-corrected chi connectivity index (χ1v) is 7.71. The molecule has 0 aliphatic rings. The summed E-state index contributed by atoms with van der Waals surface area (Å²) >= 11 is 6.81. The minimum absolute atomic E-state index is 0.380. The molecule has 0 unspecified atom stereocenters. The molecule has 0 aliphatic heterocycles. The highest BCUT2D eigenvalue weighted by Crippen LogP contribution is 2.21. The van der Waals surface area contributed by atoms with E-state index in [-0.39, 0.29) is 0 Å². The quantitative estimate of drug-likeness (QED) is 0.724. The number of anilines is 1. The van der Waals surface area contributed by atoms with E-state index in [4.69, 9.17) is 18.0 Å². The lowest BCUT2D eigenvalue weighted by Gasteiger charge is -2.09. The van der Waals surface area contributed by atoms with E-state index < -0.39 is 0 Å². The van der Waals surface area contributed by atoms with Crippen molar-refractivity contribution in [2.75, 3.05) is 5.32 Å². The number of nitrogens with one attached hydrogen (secondary N) is 1. The molecule has 4 nitrogen and oxygen atoms in total. The van der Waals surface area contributed by atoms with Crippen molar-refractivity contribution >= 4 is 45.3 Å². The molecule has 3 aromatic rings. The minimum atomic E-state index is 0.380. The summed E-state index contributed by atoms with van der Waals surface area (Å²) in [6, 6.07) is 9.75. The molecule has 0 atom stereocenters. The molecule has 0 radical (unpaired) electrons. The van der Waals surface area contributed by atoms with E-state index in [1.54, 1.807) is 11.3 Å². The summed E-state index contributed by atoms with van der Waals surface area (Å²) in [5.41, 5.74) is 7.55. The summed E-state index contributed by atoms with van der Waals surface area (Å²) in [5, 5.41) is 5.34. The number of hydrogen-bond acceptors (Lipinski definition) is 5. The van der Waals surface area contributed by atoms with Crippen molar-refractivity contribution in [1.82, 2.24) is 9.97 Å². The number of aromatic nitrogens is 2. The average Bonchev–Trinajstić information content (AvgIpc) is 2.89. The highest BCUT2D eigenvalue weighted by atomic mass is 32.1. The van der Waals surface area contributed by atoms with Crippen LogP contribution in [0.15, 0.2) is 36.5 Å². The molecule has 0 fully saturated rings. The number of para-hydroxylation sites is 1. The molecule has 2 aromatic heterocycles. The number of pyridine rings is 1. The number of benzene rings is 1. The maximum Gasteiger partial charge on any atom is 0.127 e. The van der Waals surface area contributed by atoms with Crippen LogP contribution in [0.1, 0.15) is 15.4 Å². The van der Waals surface area contributed by atoms with E-state index in [1.165, 1.54) is 4.88 Å². The molecular formula is C15H14N4S2. The maximum atomic E-state index is 5.83. The van der Waals surface area contributed by atoms with Gasteiger partial charge in [0.25, 0.3) is 0 Å². The Labute approximate surface area is 132 Å². The fourth-order valence-corrected chi connectivity index (χ4v) is 3.04. The first-order chi connectivity index (χ1) is 10.1. The van der Waals surface area contributed by atoms with E-state index in [2.05, 4.69) is 15.3 Å². The summed E-state index contributed by atoms with van der Waals surface area (Å²) in [6.07, 6.45) is 1.88. The second-order valence-corrected chi connectivity index (χ2v) is 6.39. The van der Waals surface area contributed by atoms with Gasteiger partial charge >= 0.3 is 0 Å². The van der Waals surface area contributed by atoms with E-state index in [0.717, 1.165) is 27.3 Å². The van der Waals surface area contributed by atoms with Crippen LogP contribution in [0, 0.1) is 6.92 Å². The number of nitrogens with zero attached hydrogens (tertiary/aromatic N) is 2. The van der Waals surface area contributed by atoms with Gasteiger partial charge in [-0.25, -0.2) is 9.97 Å². The third-order valence-corrected chi connectivity index (χ3v) is 4.23. The van der Waals surface area contributed by atoms with Crippen LogP contribution < -0.4 is 11.1 Å². The second kappa shape index (κ2) is 5.75. The maximum absolute atomic E-state index is 5.83. The SMILES string of the molecule is Cc1ncc(CNc2cc(C(N)=S)c3ccccc3n2)s1. The Morgan fingerprint density at radius 2 is 2.19 bits per heavy atom. The van der Waals surface area contributed by atoms with Gasteiger partial charge in [-0.15, -0.1) is 11.3 Å². The summed E-state index contributed by atoms with van der Waals surface area (Å²) in [6.45, 7) is 2.68. The standard InChI is InChI=1S/C15H14N4S2/c1-9-17-7-10(21-9)8-18-14-6-12(15(16)20)11-4-2-3-5-13(11)19-14/h2-7H,8H2,1H3,(H2,16,20)(H,18,19). The van der Waals surface area contributed by atoms with Crippen LogP contribution in [0.3, 0.4) is 0 Å². The van der Waals surface area contributed by atoms with Gasteiger partial charge in [0.2, 0.25) is 0 Å². The van der Waals surface area contributed by atoms with Crippen LogP contribution >= 0.6 is 23.6 Å². The van der Waals surface area contributed by atoms with Crippen molar-refractivity contribution in [2.24, 2.45) is 5.73 Å². The lowest BCUT2D eigenvalue weighted by Crippen LogP contribution is -2.11. The Bertz CT molecular complexity index is 810. The zero-order chi connectivity index (χ0) is 14.8. The normalized spacial score (nSPS) is 10.7. The van der Waals surface area contributed by atoms with Crippen molar-refractivity contribution in [3.63, 3.8) is 0 Å². The average molecular weight is 314 g/mol. The minimum Gasteiger partial charge on any atom is -0.389 e. The van der Waals surface area contributed by atoms with Gasteiger partial charge in [0.15, 0.2) is 0 Å². The third-order valence-electron chi connectivity index (χ3n) is 3.09. The Morgan fingerprint density at radius 3 is 2.90 bits per heavy atom. The van der Waals surface area contributed by atoms with Gasteiger partial charge in [-0.3, -0.25) is 0 Å². The second-order valence-electron chi connectivity index (χ2n) is 4.64. The lowest BCUT2D eigenvalue weighted by atomic mass is 10.1. The van der Waals surface area contributed by atoms with Gasteiger partial charge < -0.3 is 11.1 Å². The van der Waals surface area contributed by atoms with Gasteiger partial charge in [-0.1, -0.05) is 30.4 Å². The molecule has 106 valence electrons. The monoisotopic (exact) mass is 314 g/mol. The zero-order valence-electron chi connectivity index (χ0n) is 11.5. The van der Waals surface area contributed by atoms with E-state index in [9.17, 15) is 0 Å². The number of thiazole rings is 1. The molecule has 1 aromatic carbocycles. The van der Waals surface area contributed by atoms with Crippen LogP contribution in [-0.2, 0) is 6.54 Å². The molecule has 0 saturated heterocycles. The molecular weight excluding hydrogens is 300 g/mol. The number of fused-ring (bicyclic) bond motifs is 1. The van der Waals surface area contributed by atoms with Crippen LogP contribution in [-0.4, -0.2) is 15.0 Å². The number of nitrogens with two attached hydrogens (primary N) is 1. The number of thiocarbonyl (C=S) groups is 1. The molecule has 2 heterocycles. The predicted molar refractivity (Wildman–Crippen MR) is 91.8 cm³/mol. The molecule has 0 aliphatic carbocycles. The van der Waals surface area contributed by atoms with E-state index in [0.29, 0.717) is 11.5 Å². The smallest absolute Gasteiger partial charge is 0.127 e. The zero-order valence-corrected chi connectivity index (χ0v) is 13.1. The largest absolute Gasteiger partial charge is 0.389 e. The molecule has 0 bridgehead atoms. The molecule has 6 heteroatoms. The molecule has 3 rings (SSSR count). The van der Waals surface area contributed by atoms with Crippen molar-refractivity contribution < 1.29 is 0 Å². The predicted octanol–water partition coefficient (Wildman–Crippen LogP) is 3.25. The van der Waals surface area contributed by atoms with Gasteiger partial charge in [0.05, 0.1) is 17.1 Å². The first-order valence-electron chi connectivity index (χ1n) is 6.48. The summed E-state index contributed by atoms with van der Waals surface area (Å²) in [7, 11) is 0. The summed E-state index contributed by atoms with van der Waals surface area (Å²) in [4.78, 5) is 10.4. The molecule has 3 N–H and O–H groups in total. The Balaban J connectivity index is 1.93. The molecule has 0 spiro atoms. The fraction of sp³-hybridized carbons (Fsp3) is 0.133.